The lowest BCUT2D eigenvalue weighted by atomic mass is 9.99. The first-order valence-corrected chi connectivity index (χ1v) is 5.89. The summed E-state index contributed by atoms with van der Waals surface area (Å²) in [6.07, 6.45) is -1.65. The third kappa shape index (κ3) is 3.39. The number of rotatable bonds is 5. The molecule has 0 spiro atoms. The molecule has 98 valence electrons. The van der Waals surface area contributed by atoms with Crippen molar-refractivity contribution in [1.82, 2.24) is 0 Å². The topological polar surface area (TPSA) is 43.4 Å². The van der Waals surface area contributed by atoms with Gasteiger partial charge in [0, 0.05) is 5.56 Å². The van der Waals surface area contributed by atoms with E-state index in [1.165, 1.54) is 0 Å². The molecular formula is C14H17FO3. The van der Waals surface area contributed by atoms with Gasteiger partial charge in [-0.1, -0.05) is 24.6 Å². The monoisotopic (exact) mass is 252 g/mol. The zero-order valence-corrected chi connectivity index (χ0v) is 10.8. The average Bonchev–Trinajstić information content (AvgIpc) is 2.37. The number of carbonyl (C=O) groups excluding carboxylic acids is 2. The van der Waals surface area contributed by atoms with Gasteiger partial charge in [0.25, 0.3) is 6.17 Å². The summed E-state index contributed by atoms with van der Waals surface area (Å²) < 4.78 is 18.3. The van der Waals surface area contributed by atoms with Gasteiger partial charge >= 0.3 is 5.97 Å². The van der Waals surface area contributed by atoms with Crippen LogP contribution >= 0.6 is 0 Å². The van der Waals surface area contributed by atoms with Crippen LogP contribution in [0.2, 0.25) is 0 Å². The van der Waals surface area contributed by atoms with Gasteiger partial charge in [-0.25, -0.2) is 9.18 Å². The summed E-state index contributed by atoms with van der Waals surface area (Å²) in [4.78, 5) is 23.1. The van der Waals surface area contributed by atoms with E-state index in [9.17, 15) is 14.0 Å². The van der Waals surface area contributed by atoms with Crippen molar-refractivity contribution in [1.29, 1.82) is 0 Å². The Hall–Kier alpha value is -1.71. The first-order chi connectivity index (χ1) is 8.47. The van der Waals surface area contributed by atoms with Crippen LogP contribution in [0.25, 0.3) is 0 Å². The number of esters is 1. The SMILES string of the molecule is CCCOC(=O)C(F)C(=O)c1cc(C)ccc1C. The van der Waals surface area contributed by atoms with Gasteiger partial charge in [0.2, 0.25) is 5.78 Å². The van der Waals surface area contributed by atoms with E-state index in [4.69, 9.17) is 0 Å². The number of aryl methyl sites for hydroxylation is 2. The van der Waals surface area contributed by atoms with Crippen LogP contribution < -0.4 is 0 Å². The van der Waals surface area contributed by atoms with Gasteiger partial charge in [-0.15, -0.1) is 0 Å². The number of hydrogen-bond donors (Lipinski definition) is 0. The summed E-state index contributed by atoms with van der Waals surface area (Å²) in [5, 5.41) is 0. The summed E-state index contributed by atoms with van der Waals surface area (Å²) in [6, 6.07) is 5.14. The van der Waals surface area contributed by atoms with Crippen LogP contribution in [0.1, 0.15) is 34.8 Å². The Bertz CT molecular complexity index is 454. The van der Waals surface area contributed by atoms with Gasteiger partial charge < -0.3 is 4.74 Å². The molecule has 0 aliphatic rings. The van der Waals surface area contributed by atoms with Crippen LogP contribution in [0.15, 0.2) is 18.2 Å². The maximum atomic E-state index is 13.7. The molecule has 0 saturated carbocycles. The maximum absolute atomic E-state index is 13.7. The molecule has 0 aromatic heterocycles. The van der Waals surface area contributed by atoms with Crippen molar-refractivity contribution < 1.29 is 18.7 Å². The number of carbonyl (C=O) groups is 2. The largest absolute Gasteiger partial charge is 0.463 e. The molecule has 1 atom stereocenters. The molecule has 3 nitrogen and oxygen atoms in total. The van der Waals surface area contributed by atoms with Gasteiger partial charge in [-0.3, -0.25) is 4.79 Å². The van der Waals surface area contributed by atoms with E-state index in [0.717, 1.165) is 5.56 Å². The van der Waals surface area contributed by atoms with Crippen LogP contribution in [-0.4, -0.2) is 24.5 Å². The minimum Gasteiger partial charge on any atom is -0.463 e. The Morgan fingerprint density at radius 3 is 2.61 bits per heavy atom. The highest BCUT2D eigenvalue weighted by Gasteiger charge is 2.29. The highest BCUT2D eigenvalue weighted by molar-refractivity contribution is 6.11. The van der Waals surface area contributed by atoms with E-state index in [1.807, 2.05) is 6.07 Å². The molecule has 0 amide bonds. The highest BCUT2D eigenvalue weighted by Crippen LogP contribution is 2.15. The van der Waals surface area contributed by atoms with Crippen LogP contribution in [0.4, 0.5) is 4.39 Å². The normalized spacial score (nSPS) is 12.0. The van der Waals surface area contributed by atoms with E-state index in [-0.39, 0.29) is 12.2 Å². The van der Waals surface area contributed by atoms with E-state index < -0.39 is 17.9 Å². The second-order valence-corrected chi connectivity index (χ2v) is 4.21. The number of ether oxygens (including phenoxy) is 1. The van der Waals surface area contributed by atoms with E-state index in [2.05, 4.69) is 4.74 Å². The quantitative estimate of drug-likeness (QED) is 0.460. The fourth-order valence-corrected chi connectivity index (χ4v) is 1.52. The smallest absolute Gasteiger partial charge is 0.349 e. The third-order valence-electron chi connectivity index (χ3n) is 2.54. The van der Waals surface area contributed by atoms with Crippen molar-refractivity contribution >= 4 is 11.8 Å². The molecule has 1 unspecified atom stereocenters. The van der Waals surface area contributed by atoms with E-state index in [1.54, 1.807) is 32.9 Å². The lowest BCUT2D eigenvalue weighted by molar-refractivity contribution is -0.147. The zero-order valence-electron chi connectivity index (χ0n) is 10.8. The van der Waals surface area contributed by atoms with Crippen LogP contribution in [0, 0.1) is 13.8 Å². The Morgan fingerprint density at radius 1 is 1.33 bits per heavy atom. The summed E-state index contributed by atoms with van der Waals surface area (Å²) in [5.41, 5.74) is 1.73. The van der Waals surface area contributed by atoms with Crippen LogP contribution in [0.3, 0.4) is 0 Å². The fourth-order valence-electron chi connectivity index (χ4n) is 1.52. The molecule has 0 radical (unpaired) electrons. The van der Waals surface area contributed by atoms with Crippen molar-refractivity contribution in [3.63, 3.8) is 0 Å². The standard InChI is InChI=1S/C14H17FO3/c1-4-7-18-14(17)12(15)13(16)11-8-9(2)5-6-10(11)3/h5-6,8,12H,4,7H2,1-3H3. The summed E-state index contributed by atoms with van der Waals surface area (Å²) in [5.74, 6) is -1.94. The molecule has 0 aliphatic heterocycles. The van der Waals surface area contributed by atoms with Gasteiger partial charge in [-0.2, -0.15) is 0 Å². The van der Waals surface area contributed by atoms with Gasteiger partial charge in [0.15, 0.2) is 0 Å². The molecule has 0 N–H and O–H groups in total. The number of hydrogen-bond acceptors (Lipinski definition) is 3. The van der Waals surface area contributed by atoms with E-state index >= 15 is 0 Å². The van der Waals surface area contributed by atoms with E-state index in [0.29, 0.717) is 12.0 Å². The van der Waals surface area contributed by atoms with Gasteiger partial charge in [0.05, 0.1) is 6.61 Å². The molecule has 0 bridgehead atoms. The zero-order chi connectivity index (χ0) is 13.7. The molecule has 18 heavy (non-hydrogen) atoms. The molecule has 1 aromatic carbocycles. The second kappa shape index (κ2) is 6.28. The molecule has 0 heterocycles. The molecule has 1 rings (SSSR count). The molecule has 1 aromatic rings. The Morgan fingerprint density at radius 2 is 2.00 bits per heavy atom. The Kier molecular flexibility index (Phi) is 5.01. The second-order valence-electron chi connectivity index (χ2n) is 4.21. The summed E-state index contributed by atoms with van der Waals surface area (Å²) >= 11 is 0. The lowest BCUT2D eigenvalue weighted by Crippen LogP contribution is -2.28. The summed E-state index contributed by atoms with van der Waals surface area (Å²) in [6.45, 7) is 5.43. The molecule has 0 aliphatic carbocycles. The molecular weight excluding hydrogens is 235 g/mol. The first-order valence-electron chi connectivity index (χ1n) is 5.89. The highest BCUT2D eigenvalue weighted by atomic mass is 19.1. The van der Waals surface area contributed by atoms with Crippen molar-refractivity contribution in [3.05, 3.63) is 34.9 Å². The lowest BCUT2D eigenvalue weighted by Gasteiger charge is -2.10. The maximum Gasteiger partial charge on any atom is 0.349 e. The number of halogens is 1. The van der Waals surface area contributed by atoms with Gasteiger partial charge in [0.1, 0.15) is 0 Å². The number of Topliss-reactive ketones (excluding diaryl/α,β-unsaturated/α-hetero) is 1. The van der Waals surface area contributed by atoms with Crippen molar-refractivity contribution in [2.24, 2.45) is 0 Å². The van der Waals surface area contributed by atoms with Crippen molar-refractivity contribution in [2.75, 3.05) is 6.61 Å². The minimum atomic E-state index is -2.24. The number of ketones is 1. The van der Waals surface area contributed by atoms with Crippen molar-refractivity contribution in [3.8, 4) is 0 Å². The van der Waals surface area contributed by atoms with Crippen LogP contribution in [-0.2, 0) is 9.53 Å². The van der Waals surface area contributed by atoms with Gasteiger partial charge in [-0.05, 0) is 31.9 Å². The molecule has 4 heteroatoms. The third-order valence-corrected chi connectivity index (χ3v) is 2.54. The number of benzene rings is 1. The Balaban J connectivity index is 2.86. The Labute approximate surface area is 106 Å². The van der Waals surface area contributed by atoms with Crippen molar-refractivity contribution in [2.45, 2.75) is 33.4 Å². The average molecular weight is 252 g/mol. The number of alkyl halides is 1. The van der Waals surface area contributed by atoms with Crippen LogP contribution in [0.5, 0.6) is 0 Å². The molecule has 0 fully saturated rings. The molecule has 0 saturated heterocycles. The fraction of sp³-hybridized carbons (Fsp3) is 0.429. The predicted octanol–water partition coefficient (Wildman–Crippen LogP) is 2.78. The summed E-state index contributed by atoms with van der Waals surface area (Å²) in [7, 11) is 0. The predicted molar refractivity (Wildman–Crippen MR) is 66.4 cm³/mol. The minimum absolute atomic E-state index is 0.124. The first kappa shape index (κ1) is 14.4.